The third-order valence-electron chi connectivity index (χ3n) is 3.81. The van der Waals surface area contributed by atoms with E-state index >= 15 is 0 Å². The van der Waals surface area contributed by atoms with E-state index in [1.165, 1.54) is 12.7 Å². The second-order valence-corrected chi connectivity index (χ2v) is 5.29. The first-order valence-electron chi connectivity index (χ1n) is 7.26. The Kier molecular flexibility index (Phi) is 3.95. The van der Waals surface area contributed by atoms with Crippen molar-refractivity contribution in [3.63, 3.8) is 0 Å². The second-order valence-electron chi connectivity index (χ2n) is 5.29. The summed E-state index contributed by atoms with van der Waals surface area (Å²) in [7, 11) is 3.28. The Hall–Kier alpha value is -2.57. The fourth-order valence-corrected chi connectivity index (χ4v) is 2.72. The fraction of sp³-hybridized carbons (Fsp3) is 0.400. The molecule has 0 aromatic carbocycles. The molecule has 7 heteroatoms. The Morgan fingerprint density at radius 3 is 3.14 bits per heavy atom. The Morgan fingerprint density at radius 1 is 1.50 bits per heavy atom. The molecular weight excluding hydrogens is 282 g/mol. The van der Waals surface area contributed by atoms with Crippen molar-refractivity contribution < 1.29 is 9.53 Å². The molecule has 0 radical (unpaired) electrons. The average Bonchev–Trinajstić information content (AvgIpc) is 2.88. The molecule has 2 heterocycles. The molecule has 1 aliphatic rings. The molecule has 1 aliphatic carbocycles. The topological polar surface area (TPSA) is 81.1 Å². The first-order chi connectivity index (χ1) is 10.7. The highest BCUT2D eigenvalue weighted by Gasteiger charge is 2.23. The molecule has 0 unspecified atom stereocenters. The standard InChI is InChI=1S/C15H19N5O2/c1-20-12(9-13(19-20)22-2)18-15(21)17-11-7-3-5-10-6-4-8-16-14(10)11/h4,6,8-9,11H,3,5,7H2,1-2H3,(H2,17,18,21)/t11-/m0/s1. The number of hydrogen-bond acceptors (Lipinski definition) is 4. The Balaban J connectivity index is 1.69. The number of amides is 2. The van der Waals surface area contributed by atoms with Gasteiger partial charge in [0.1, 0.15) is 5.82 Å². The number of urea groups is 1. The predicted molar refractivity (Wildman–Crippen MR) is 81.8 cm³/mol. The average molecular weight is 301 g/mol. The molecule has 2 aromatic rings. The van der Waals surface area contributed by atoms with Gasteiger partial charge in [0.15, 0.2) is 0 Å². The zero-order valence-corrected chi connectivity index (χ0v) is 12.7. The van der Waals surface area contributed by atoms with Crippen molar-refractivity contribution in [2.75, 3.05) is 12.4 Å². The maximum atomic E-state index is 12.2. The molecule has 0 aliphatic heterocycles. The fourth-order valence-electron chi connectivity index (χ4n) is 2.72. The summed E-state index contributed by atoms with van der Waals surface area (Å²) >= 11 is 0. The molecule has 2 amide bonds. The lowest BCUT2D eigenvalue weighted by Gasteiger charge is -2.25. The number of nitrogens with zero attached hydrogens (tertiary/aromatic N) is 3. The first kappa shape index (κ1) is 14.4. The molecule has 22 heavy (non-hydrogen) atoms. The maximum absolute atomic E-state index is 12.2. The lowest BCUT2D eigenvalue weighted by atomic mass is 9.92. The van der Waals surface area contributed by atoms with Gasteiger partial charge in [0.05, 0.1) is 18.8 Å². The highest BCUT2D eigenvalue weighted by atomic mass is 16.5. The number of hydrogen-bond donors (Lipinski definition) is 2. The van der Waals surface area contributed by atoms with E-state index in [0.717, 1.165) is 25.0 Å². The summed E-state index contributed by atoms with van der Waals surface area (Å²) in [5.41, 5.74) is 2.17. The highest BCUT2D eigenvalue weighted by Crippen LogP contribution is 2.27. The van der Waals surface area contributed by atoms with Gasteiger partial charge in [-0.05, 0) is 30.9 Å². The number of aryl methyl sites for hydroxylation is 2. The largest absolute Gasteiger partial charge is 0.480 e. The zero-order valence-electron chi connectivity index (χ0n) is 12.7. The molecule has 0 saturated carbocycles. The van der Waals surface area contributed by atoms with Gasteiger partial charge in [0.25, 0.3) is 0 Å². The molecular formula is C15H19N5O2. The SMILES string of the molecule is COc1cc(NC(=O)N[C@H]2CCCc3cccnc32)n(C)n1. The second kappa shape index (κ2) is 6.05. The van der Waals surface area contributed by atoms with Gasteiger partial charge in [0.2, 0.25) is 5.88 Å². The minimum atomic E-state index is -0.269. The molecule has 0 bridgehead atoms. The number of carbonyl (C=O) groups is 1. The number of methoxy groups -OCH3 is 1. The van der Waals surface area contributed by atoms with Crippen LogP contribution in [0.1, 0.15) is 30.1 Å². The maximum Gasteiger partial charge on any atom is 0.320 e. The van der Waals surface area contributed by atoms with Crippen molar-refractivity contribution in [3.05, 3.63) is 35.7 Å². The third kappa shape index (κ3) is 2.88. The monoisotopic (exact) mass is 301 g/mol. The van der Waals surface area contributed by atoms with Crippen LogP contribution in [0.2, 0.25) is 0 Å². The molecule has 2 aromatic heterocycles. The van der Waals surface area contributed by atoms with Gasteiger partial charge < -0.3 is 10.1 Å². The summed E-state index contributed by atoms with van der Waals surface area (Å²) in [6.07, 6.45) is 4.72. The van der Waals surface area contributed by atoms with E-state index in [9.17, 15) is 4.79 Å². The third-order valence-corrected chi connectivity index (χ3v) is 3.81. The van der Waals surface area contributed by atoms with Crippen molar-refractivity contribution in [2.45, 2.75) is 25.3 Å². The van der Waals surface area contributed by atoms with Crippen LogP contribution in [-0.2, 0) is 13.5 Å². The summed E-state index contributed by atoms with van der Waals surface area (Å²) < 4.78 is 6.60. The van der Waals surface area contributed by atoms with Crippen molar-refractivity contribution >= 4 is 11.8 Å². The van der Waals surface area contributed by atoms with Gasteiger partial charge in [-0.25, -0.2) is 9.48 Å². The van der Waals surface area contributed by atoms with Crippen LogP contribution in [0.3, 0.4) is 0 Å². The number of aromatic nitrogens is 3. The first-order valence-corrected chi connectivity index (χ1v) is 7.26. The Bertz CT molecular complexity index is 682. The highest BCUT2D eigenvalue weighted by molar-refractivity contribution is 5.88. The van der Waals surface area contributed by atoms with E-state index in [-0.39, 0.29) is 12.1 Å². The van der Waals surface area contributed by atoms with E-state index in [0.29, 0.717) is 11.7 Å². The summed E-state index contributed by atoms with van der Waals surface area (Å²) in [4.78, 5) is 16.6. The smallest absolute Gasteiger partial charge is 0.320 e. The molecule has 7 nitrogen and oxygen atoms in total. The van der Waals surface area contributed by atoms with Crippen molar-refractivity contribution in [2.24, 2.45) is 7.05 Å². The summed E-state index contributed by atoms with van der Waals surface area (Å²) in [6.45, 7) is 0. The normalized spacial score (nSPS) is 16.7. The van der Waals surface area contributed by atoms with E-state index in [1.807, 2.05) is 6.07 Å². The van der Waals surface area contributed by atoms with Gasteiger partial charge in [-0.15, -0.1) is 5.10 Å². The molecule has 116 valence electrons. The lowest BCUT2D eigenvalue weighted by Crippen LogP contribution is -2.35. The van der Waals surface area contributed by atoms with Crippen LogP contribution in [0.5, 0.6) is 5.88 Å². The molecule has 0 saturated heterocycles. The van der Waals surface area contributed by atoms with Gasteiger partial charge in [-0.1, -0.05) is 6.07 Å². The minimum Gasteiger partial charge on any atom is -0.480 e. The van der Waals surface area contributed by atoms with Gasteiger partial charge in [-0.2, -0.15) is 0 Å². The summed E-state index contributed by atoms with van der Waals surface area (Å²) in [6, 6.07) is 5.35. The van der Waals surface area contributed by atoms with Crippen molar-refractivity contribution in [1.82, 2.24) is 20.1 Å². The van der Waals surface area contributed by atoms with Crippen LogP contribution in [0.15, 0.2) is 24.4 Å². The number of nitrogens with one attached hydrogen (secondary N) is 2. The minimum absolute atomic E-state index is 0.0555. The Labute approximate surface area is 128 Å². The van der Waals surface area contributed by atoms with Crippen molar-refractivity contribution in [3.8, 4) is 5.88 Å². The van der Waals surface area contributed by atoms with Gasteiger partial charge in [0, 0.05) is 19.3 Å². The molecule has 1 atom stereocenters. The van der Waals surface area contributed by atoms with Crippen LogP contribution in [-0.4, -0.2) is 27.9 Å². The zero-order chi connectivity index (χ0) is 15.5. The van der Waals surface area contributed by atoms with E-state index in [4.69, 9.17) is 4.74 Å². The van der Waals surface area contributed by atoms with Crippen LogP contribution in [0.4, 0.5) is 10.6 Å². The summed E-state index contributed by atoms with van der Waals surface area (Å²) in [5, 5.41) is 9.87. The van der Waals surface area contributed by atoms with Crippen LogP contribution < -0.4 is 15.4 Å². The van der Waals surface area contributed by atoms with E-state index < -0.39 is 0 Å². The molecule has 2 N–H and O–H groups in total. The Morgan fingerprint density at radius 2 is 2.36 bits per heavy atom. The molecule has 0 spiro atoms. The van der Waals surface area contributed by atoms with E-state index in [2.05, 4.69) is 26.8 Å². The lowest BCUT2D eigenvalue weighted by molar-refractivity contribution is 0.246. The molecule has 0 fully saturated rings. The molecule has 3 rings (SSSR count). The van der Waals surface area contributed by atoms with Gasteiger partial charge in [-0.3, -0.25) is 10.3 Å². The number of fused-ring (bicyclic) bond motifs is 1. The summed E-state index contributed by atoms with van der Waals surface area (Å²) in [5.74, 6) is 1.04. The number of carbonyl (C=O) groups excluding carboxylic acids is 1. The van der Waals surface area contributed by atoms with Crippen LogP contribution >= 0.6 is 0 Å². The number of pyridine rings is 1. The number of anilines is 1. The van der Waals surface area contributed by atoms with Crippen molar-refractivity contribution in [1.29, 1.82) is 0 Å². The van der Waals surface area contributed by atoms with Crippen LogP contribution in [0.25, 0.3) is 0 Å². The quantitative estimate of drug-likeness (QED) is 0.909. The number of rotatable bonds is 3. The predicted octanol–water partition coefficient (Wildman–Crippen LogP) is 2.02. The number of ether oxygens (including phenoxy) is 1. The van der Waals surface area contributed by atoms with Gasteiger partial charge >= 0.3 is 6.03 Å². The van der Waals surface area contributed by atoms with Crippen LogP contribution in [0, 0.1) is 0 Å². The van der Waals surface area contributed by atoms with E-state index in [1.54, 1.807) is 24.0 Å².